The third-order valence-electron chi connectivity index (χ3n) is 3.87. The van der Waals surface area contributed by atoms with Gasteiger partial charge in [0, 0.05) is 17.8 Å². The number of hydrogen-bond acceptors (Lipinski definition) is 4. The molecule has 1 amide bonds. The smallest absolute Gasteiger partial charge is 0.325 e. The molecule has 5 nitrogen and oxygen atoms in total. The van der Waals surface area contributed by atoms with E-state index in [4.69, 9.17) is 0 Å². The third-order valence-corrected chi connectivity index (χ3v) is 4.83. The molecule has 2 aromatic carbocycles. The van der Waals surface area contributed by atoms with E-state index in [0.29, 0.717) is 17.5 Å². The number of carbonyl (C=O) groups is 1. The molecule has 150 valence electrons. The Hall–Kier alpha value is -3.07. The maximum atomic E-state index is 12.8. The Morgan fingerprint density at radius 1 is 1.14 bits per heavy atom. The lowest BCUT2D eigenvalue weighted by molar-refractivity contribution is -0.137. The number of halogens is 3. The largest absolute Gasteiger partial charge is 0.416 e. The van der Waals surface area contributed by atoms with Gasteiger partial charge in [-0.05, 0) is 18.2 Å². The van der Waals surface area contributed by atoms with E-state index in [-0.39, 0.29) is 11.4 Å². The first-order chi connectivity index (χ1) is 13.9. The summed E-state index contributed by atoms with van der Waals surface area (Å²) in [6.07, 6.45) is -2.77. The molecule has 9 heteroatoms. The van der Waals surface area contributed by atoms with Crippen molar-refractivity contribution in [3.05, 3.63) is 72.8 Å². The summed E-state index contributed by atoms with van der Waals surface area (Å²) in [5.74, 6) is 0.176. The SMILES string of the molecule is C=CCn1c(SCC(=O)Nc2cccc(C(F)(F)F)c2)nnc1-c1ccccc1. The number of carbonyl (C=O) groups excluding carboxylic acids is 1. The molecule has 1 heterocycles. The summed E-state index contributed by atoms with van der Waals surface area (Å²) in [6, 6.07) is 14.0. The van der Waals surface area contributed by atoms with Gasteiger partial charge in [0.1, 0.15) is 0 Å². The highest BCUT2D eigenvalue weighted by molar-refractivity contribution is 7.99. The molecule has 0 aliphatic heterocycles. The van der Waals surface area contributed by atoms with Crippen LogP contribution in [0.5, 0.6) is 0 Å². The van der Waals surface area contributed by atoms with Gasteiger partial charge in [-0.15, -0.1) is 16.8 Å². The van der Waals surface area contributed by atoms with Gasteiger partial charge in [0.2, 0.25) is 5.91 Å². The van der Waals surface area contributed by atoms with Crippen LogP contribution in [0.25, 0.3) is 11.4 Å². The average Bonchev–Trinajstić information content (AvgIpc) is 3.09. The Balaban J connectivity index is 1.69. The van der Waals surface area contributed by atoms with Gasteiger partial charge in [0.15, 0.2) is 11.0 Å². The fourth-order valence-corrected chi connectivity index (χ4v) is 3.34. The van der Waals surface area contributed by atoms with Crippen LogP contribution in [0.2, 0.25) is 0 Å². The van der Waals surface area contributed by atoms with E-state index < -0.39 is 17.6 Å². The quantitative estimate of drug-likeness (QED) is 0.439. The van der Waals surface area contributed by atoms with Crippen LogP contribution in [0.1, 0.15) is 5.56 Å². The van der Waals surface area contributed by atoms with Gasteiger partial charge >= 0.3 is 6.18 Å². The van der Waals surface area contributed by atoms with Crippen LogP contribution in [0, 0.1) is 0 Å². The van der Waals surface area contributed by atoms with Crippen molar-refractivity contribution in [3.8, 4) is 11.4 Å². The van der Waals surface area contributed by atoms with Gasteiger partial charge in [-0.25, -0.2) is 0 Å². The van der Waals surface area contributed by atoms with E-state index in [9.17, 15) is 18.0 Å². The molecule has 0 atom stereocenters. The van der Waals surface area contributed by atoms with Crippen molar-refractivity contribution in [2.75, 3.05) is 11.1 Å². The Bertz CT molecular complexity index is 1000. The summed E-state index contributed by atoms with van der Waals surface area (Å²) in [7, 11) is 0. The van der Waals surface area contributed by atoms with Crippen LogP contribution >= 0.6 is 11.8 Å². The highest BCUT2D eigenvalue weighted by atomic mass is 32.2. The first-order valence-electron chi connectivity index (χ1n) is 8.58. The molecule has 0 saturated carbocycles. The minimum absolute atomic E-state index is 0.0275. The van der Waals surface area contributed by atoms with Crippen LogP contribution in [-0.2, 0) is 17.5 Å². The maximum Gasteiger partial charge on any atom is 0.416 e. The monoisotopic (exact) mass is 418 g/mol. The number of thioether (sulfide) groups is 1. The average molecular weight is 418 g/mol. The van der Waals surface area contributed by atoms with Gasteiger partial charge in [0.05, 0.1) is 11.3 Å². The molecule has 29 heavy (non-hydrogen) atoms. The zero-order chi connectivity index (χ0) is 20.9. The van der Waals surface area contributed by atoms with Gasteiger partial charge in [0.25, 0.3) is 0 Å². The number of benzene rings is 2. The second-order valence-corrected chi connectivity index (χ2v) is 6.93. The van der Waals surface area contributed by atoms with E-state index in [1.54, 1.807) is 6.08 Å². The van der Waals surface area contributed by atoms with Crippen molar-refractivity contribution in [2.24, 2.45) is 0 Å². The Labute approximate surface area is 169 Å². The molecule has 0 unspecified atom stereocenters. The zero-order valence-electron chi connectivity index (χ0n) is 15.2. The number of nitrogens with zero attached hydrogens (tertiary/aromatic N) is 3. The highest BCUT2D eigenvalue weighted by Crippen LogP contribution is 2.31. The van der Waals surface area contributed by atoms with Crippen LogP contribution in [0.15, 0.2) is 72.4 Å². The summed E-state index contributed by atoms with van der Waals surface area (Å²) < 4.78 is 40.2. The molecule has 0 bridgehead atoms. The lowest BCUT2D eigenvalue weighted by Gasteiger charge is -2.10. The molecule has 0 saturated heterocycles. The molecule has 0 aliphatic carbocycles. The van der Waals surface area contributed by atoms with E-state index in [0.717, 1.165) is 29.5 Å². The summed E-state index contributed by atoms with van der Waals surface area (Å²) in [6.45, 7) is 4.19. The minimum atomic E-state index is -4.47. The van der Waals surface area contributed by atoms with Gasteiger partial charge < -0.3 is 5.32 Å². The fraction of sp³-hybridized carbons (Fsp3) is 0.150. The van der Waals surface area contributed by atoms with Crippen molar-refractivity contribution in [1.82, 2.24) is 14.8 Å². The van der Waals surface area contributed by atoms with Crippen LogP contribution in [0.3, 0.4) is 0 Å². The van der Waals surface area contributed by atoms with Crippen molar-refractivity contribution in [3.63, 3.8) is 0 Å². The molecule has 3 rings (SSSR count). The van der Waals surface area contributed by atoms with Crippen molar-refractivity contribution in [1.29, 1.82) is 0 Å². The van der Waals surface area contributed by atoms with Gasteiger partial charge in [-0.3, -0.25) is 9.36 Å². The third kappa shape index (κ3) is 5.26. The number of anilines is 1. The normalized spacial score (nSPS) is 11.3. The van der Waals surface area contributed by atoms with E-state index >= 15 is 0 Å². The van der Waals surface area contributed by atoms with Crippen molar-refractivity contribution >= 4 is 23.4 Å². The Kier molecular flexibility index (Phi) is 6.38. The first kappa shape index (κ1) is 20.7. The number of nitrogens with one attached hydrogen (secondary N) is 1. The van der Waals surface area contributed by atoms with Crippen molar-refractivity contribution < 1.29 is 18.0 Å². The van der Waals surface area contributed by atoms with Crippen LogP contribution < -0.4 is 5.32 Å². The zero-order valence-corrected chi connectivity index (χ0v) is 16.0. The van der Waals surface area contributed by atoms with E-state index in [1.165, 1.54) is 12.1 Å². The minimum Gasteiger partial charge on any atom is -0.325 e. The standard InChI is InChI=1S/C20H17F3N4OS/c1-2-11-27-18(14-7-4-3-5-8-14)25-26-19(27)29-13-17(28)24-16-10-6-9-15(12-16)20(21,22)23/h2-10,12H,1,11,13H2,(H,24,28). The molecule has 0 aliphatic rings. The lowest BCUT2D eigenvalue weighted by Crippen LogP contribution is -2.15. The Morgan fingerprint density at radius 3 is 2.59 bits per heavy atom. The number of amides is 1. The number of hydrogen-bond donors (Lipinski definition) is 1. The first-order valence-corrected chi connectivity index (χ1v) is 9.56. The highest BCUT2D eigenvalue weighted by Gasteiger charge is 2.30. The summed E-state index contributed by atoms with van der Waals surface area (Å²) >= 11 is 1.15. The number of aromatic nitrogens is 3. The van der Waals surface area contributed by atoms with Crippen molar-refractivity contribution in [2.45, 2.75) is 17.9 Å². The molecule has 0 fully saturated rings. The Morgan fingerprint density at radius 2 is 1.90 bits per heavy atom. The van der Waals surface area contributed by atoms with Gasteiger partial charge in [-0.1, -0.05) is 54.2 Å². The molecular weight excluding hydrogens is 401 g/mol. The molecule has 0 radical (unpaired) electrons. The van der Waals surface area contributed by atoms with Crippen LogP contribution in [0.4, 0.5) is 18.9 Å². The molecular formula is C20H17F3N4OS. The summed E-state index contributed by atoms with van der Waals surface area (Å²) in [5.41, 5.74) is 0.145. The van der Waals surface area contributed by atoms with E-state index in [2.05, 4.69) is 22.1 Å². The number of rotatable bonds is 7. The molecule has 1 N–H and O–H groups in total. The second-order valence-electron chi connectivity index (χ2n) is 5.99. The molecule has 0 spiro atoms. The van der Waals surface area contributed by atoms with Crippen LogP contribution in [-0.4, -0.2) is 26.4 Å². The predicted octanol–water partition coefficient (Wildman–Crippen LogP) is 4.88. The maximum absolute atomic E-state index is 12.8. The molecule has 3 aromatic rings. The molecule has 1 aromatic heterocycles. The second kappa shape index (κ2) is 8.95. The predicted molar refractivity (Wildman–Crippen MR) is 106 cm³/mol. The number of alkyl halides is 3. The summed E-state index contributed by atoms with van der Waals surface area (Å²) in [5, 5.41) is 11.3. The van der Waals surface area contributed by atoms with E-state index in [1.807, 2.05) is 34.9 Å². The fourth-order valence-electron chi connectivity index (χ4n) is 2.59. The topological polar surface area (TPSA) is 59.8 Å². The lowest BCUT2D eigenvalue weighted by atomic mass is 10.2. The van der Waals surface area contributed by atoms with Gasteiger partial charge in [-0.2, -0.15) is 13.2 Å². The summed E-state index contributed by atoms with van der Waals surface area (Å²) in [4.78, 5) is 12.2. The number of allylic oxidation sites excluding steroid dienone is 1.